The highest BCUT2D eigenvalue weighted by molar-refractivity contribution is 5.77. The van der Waals surface area contributed by atoms with Crippen molar-refractivity contribution in [1.29, 1.82) is 0 Å². The van der Waals surface area contributed by atoms with Gasteiger partial charge in [-0.15, -0.1) is 0 Å². The lowest BCUT2D eigenvalue weighted by molar-refractivity contribution is -0.128. The molecule has 0 aliphatic carbocycles. The fourth-order valence-electron chi connectivity index (χ4n) is 2.30. The molecule has 0 spiro atoms. The molecule has 5 heteroatoms. The molecule has 0 saturated heterocycles. The molecule has 0 aromatic carbocycles. The number of amides is 1. The number of nitrogens with zero attached hydrogens (tertiary/aromatic N) is 3. The third-order valence-electron chi connectivity index (χ3n) is 3.63. The Hall–Kier alpha value is -1.36. The molecule has 1 unspecified atom stereocenters. The largest absolute Gasteiger partial charge is 0.345 e. The topological polar surface area (TPSA) is 50.2 Å². The third-order valence-corrected chi connectivity index (χ3v) is 3.63. The van der Waals surface area contributed by atoms with Crippen LogP contribution in [-0.4, -0.2) is 40.7 Å². The van der Waals surface area contributed by atoms with Crippen LogP contribution in [0.3, 0.4) is 0 Å². The molecule has 0 radical (unpaired) electrons. The number of carbonyl (C=O) groups is 1. The Balaban J connectivity index is 2.71. The molecule has 0 aliphatic rings. The van der Waals surface area contributed by atoms with Crippen molar-refractivity contribution >= 4 is 5.91 Å². The van der Waals surface area contributed by atoms with Gasteiger partial charge < -0.3 is 10.2 Å². The van der Waals surface area contributed by atoms with Gasteiger partial charge in [0.2, 0.25) is 5.91 Å². The van der Waals surface area contributed by atoms with Crippen molar-refractivity contribution in [2.45, 2.75) is 47.2 Å². The van der Waals surface area contributed by atoms with Crippen molar-refractivity contribution in [3.63, 3.8) is 0 Å². The minimum absolute atomic E-state index is 0.118. The van der Waals surface area contributed by atoms with E-state index in [0.717, 1.165) is 18.8 Å². The van der Waals surface area contributed by atoms with E-state index in [1.165, 1.54) is 11.3 Å². The van der Waals surface area contributed by atoms with Crippen LogP contribution in [0, 0.1) is 13.8 Å². The first-order valence-electron chi connectivity index (χ1n) is 6.93. The van der Waals surface area contributed by atoms with Gasteiger partial charge in [0, 0.05) is 37.4 Å². The van der Waals surface area contributed by atoms with Crippen LogP contribution in [0.5, 0.6) is 0 Å². The van der Waals surface area contributed by atoms with Gasteiger partial charge in [-0.25, -0.2) is 0 Å². The Morgan fingerprint density at radius 3 is 2.53 bits per heavy atom. The fourth-order valence-corrected chi connectivity index (χ4v) is 2.30. The first-order valence-corrected chi connectivity index (χ1v) is 6.93. The van der Waals surface area contributed by atoms with E-state index in [1.807, 2.05) is 25.6 Å². The average molecular weight is 266 g/mol. The van der Waals surface area contributed by atoms with Crippen molar-refractivity contribution in [2.24, 2.45) is 0 Å². The molecular weight excluding hydrogens is 240 g/mol. The van der Waals surface area contributed by atoms with Crippen molar-refractivity contribution in [1.82, 2.24) is 20.0 Å². The van der Waals surface area contributed by atoms with Crippen molar-refractivity contribution in [2.75, 3.05) is 20.1 Å². The van der Waals surface area contributed by atoms with Gasteiger partial charge in [-0.3, -0.25) is 9.48 Å². The van der Waals surface area contributed by atoms with Gasteiger partial charge in [0.15, 0.2) is 0 Å². The van der Waals surface area contributed by atoms with Crippen LogP contribution in [0.25, 0.3) is 0 Å². The molecule has 1 heterocycles. The number of hydrogen-bond acceptors (Lipinski definition) is 3. The van der Waals surface area contributed by atoms with E-state index < -0.39 is 0 Å². The maximum atomic E-state index is 11.8. The number of nitrogens with one attached hydrogen (secondary N) is 1. The van der Waals surface area contributed by atoms with Crippen molar-refractivity contribution < 1.29 is 4.79 Å². The fraction of sp³-hybridized carbons (Fsp3) is 0.714. The smallest absolute Gasteiger partial charge is 0.236 e. The van der Waals surface area contributed by atoms with E-state index in [-0.39, 0.29) is 11.9 Å². The summed E-state index contributed by atoms with van der Waals surface area (Å²) in [5.74, 6) is 0.118. The van der Waals surface area contributed by atoms with E-state index in [4.69, 9.17) is 0 Å². The van der Waals surface area contributed by atoms with Crippen LogP contribution in [0.1, 0.15) is 43.8 Å². The Labute approximate surface area is 116 Å². The maximum absolute atomic E-state index is 11.8. The zero-order valence-electron chi connectivity index (χ0n) is 12.9. The van der Waals surface area contributed by atoms with Gasteiger partial charge in [-0.05, 0) is 34.6 Å². The number of aromatic nitrogens is 2. The minimum Gasteiger partial charge on any atom is -0.345 e. The second-order valence-electron chi connectivity index (χ2n) is 4.91. The molecule has 1 atom stereocenters. The molecule has 0 aliphatic heterocycles. The summed E-state index contributed by atoms with van der Waals surface area (Å²) in [6.45, 7) is 12.2. The van der Waals surface area contributed by atoms with E-state index in [2.05, 4.69) is 31.2 Å². The van der Waals surface area contributed by atoms with Crippen LogP contribution in [0.15, 0.2) is 0 Å². The Bertz CT molecular complexity index is 439. The lowest BCUT2D eigenvalue weighted by Gasteiger charge is -2.18. The summed E-state index contributed by atoms with van der Waals surface area (Å²) in [5.41, 5.74) is 3.42. The summed E-state index contributed by atoms with van der Waals surface area (Å²) in [7, 11) is 1.82. The quantitative estimate of drug-likeness (QED) is 0.851. The summed E-state index contributed by atoms with van der Waals surface area (Å²) in [4.78, 5) is 13.5. The molecular formula is C14H26N4O. The summed E-state index contributed by atoms with van der Waals surface area (Å²) >= 11 is 0. The second kappa shape index (κ2) is 6.70. The highest BCUT2D eigenvalue weighted by Crippen LogP contribution is 2.21. The number of aryl methyl sites for hydroxylation is 2. The average Bonchev–Trinajstić information content (AvgIpc) is 2.69. The van der Waals surface area contributed by atoms with Crippen LogP contribution in [0.4, 0.5) is 0 Å². The van der Waals surface area contributed by atoms with Gasteiger partial charge in [-0.2, -0.15) is 5.10 Å². The summed E-state index contributed by atoms with van der Waals surface area (Å²) < 4.78 is 2.00. The SMILES string of the molecule is CCN(C)C(=O)CNC(C)c1c(C)nn(CC)c1C. The maximum Gasteiger partial charge on any atom is 0.236 e. The van der Waals surface area contributed by atoms with Gasteiger partial charge >= 0.3 is 0 Å². The van der Waals surface area contributed by atoms with E-state index >= 15 is 0 Å². The van der Waals surface area contributed by atoms with Crippen LogP contribution in [-0.2, 0) is 11.3 Å². The van der Waals surface area contributed by atoms with Crippen LogP contribution < -0.4 is 5.32 Å². The third kappa shape index (κ3) is 3.56. The molecule has 108 valence electrons. The Morgan fingerprint density at radius 2 is 2.05 bits per heavy atom. The molecule has 0 saturated carbocycles. The first-order chi connectivity index (χ1) is 8.92. The van der Waals surface area contributed by atoms with E-state index in [9.17, 15) is 4.79 Å². The van der Waals surface area contributed by atoms with E-state index in [0.29, 0.717) is 6.54 Å². The zero-order chi connectivity index (χ0) is 14.6. The first kappa shape index (κ1) is 15.7. The van der Waals surface area contributed by atoms with Crippen molar-refractivity contribution in [3.8, 4) is 0 Å². The molecule has 1 aromatic rings. The highest BCUT2D eigenvalue weighted by Gasteiger charge is 2.17. The van der Waals surface area contributed by atoms with Gasteiger partial charge in [0.1, 0.15) is 0 Å². The molecule has 1 amide bonds. The lowest BCUT2D eigenvalue weighted by Crippen LogP contribution is -2.36. The second-order valence-corrected chi connectivity index (χ2v) is 4.91. The molecule has 0 bridgehead atoms. The molecule has 19 heavy (non-hydrogen) atoms. The van der Waals surface area contributed by atoms with Gasteiger partial charge in [0.05, 0.1) is 12.2 Å². The van der Waals surface area contributed by atoms with E-state index in [1.54, 1.807) is 4.90 Å². The predicted octanol–water partition coefficient (Wildman–Crippen LogP) is 1.65. The van der Waals surface area contributed by atoms with Crippen molar-refractivity contribution in [3.05, 3.63) is 17.0 Å². The number of likely N-dealkylation sites (N-methyl/N-ethyl adjacent to an activating group) is 1. The number of rotatable bonds is 6. The number of carbonyl (C=O) groups excluding carboxylic acids is 1. The molecule has 5 nitrogen and oxygen atoms in total. The number of hydrogen-bond donors (Lipinski definition) is 1. The molecule has 1 aromatic heterocycles. The van der Waals surface area contributed by atoms with Crippen LogP contribution >= 0.6 is 0 Å². The van der Waals surface area contributed by atoms with Crippen LogP contribution in [0.2, 0.25) is 0 Å². The normalized spacial score (nSPS) is 12.5. The highest BCUT2D eigenvalue weighted by atomic mass is 16.2. The summed E-state index contributed by atoms with van der Waals surface area (Å²) in [6, 6.07) is 0.134. The lowest BCUT2D eigenvalue weighted by atomic mass is 10.1. The predicted molar refractivity (Wildman–Crippen MR) is 77.1 cm³/mol. The summed E-state index contributed by atoms with van der Waals surface area (Å²) in [5, 5.41) is 7.80. The standard InChI is InChI=1S/C14H26N4O/c1-7-17(6)13(19)9-15-10(3)14-11(4)16-18(8-2)12(14)5/h10,15H,7-9H2,1-6H3. The minimum atomic E-state index is 0.118. The molecule has 1 rings (SSSR count). The monoisotopic (exact) mass is 266 g/mol. The van der Waals surface area contributed by atoms with Gasteiger partial charge in [0.25, 0.3) is 0 Å². The molecule has 1 N–H and O–H groups in total. The van der Waals surface area contributed by atoms with Gasteiger partial charge in [-0.1, -0.05) is 0 Å². The summed E-state index contributed by atoms with van der Waals surface area (Å²) in [6.07, 6.45) is 0. The zero-order valence-corrected chi connectivity index (χ0v) is 12.9. The molecule has 0 fully saturated rings. The Kier molecular flexibility index (Phi) is 5.54. The Morgan fingerprint density at radius 1 is 1.42 bits per heavy atom.